The highest BCUT2D eigenvalue weighted by atomic mass is 16.2. The summed E-state index contributed by atoms with van der Waals surface area (Å²) in [5, 5.41) is 5.05. The zero-order chi connectivity index (χ0) is 24.7. The van der Waals surface area contributed by atoms with Gasteiger partial charge in [0.15, 0.2) is 0 Å². The topological polar surface area (TPSA) is 65.5 Å². The summed E-state index contributed by atoms with van der Waals surface area (Å²) in [5.41, 5.74) is 2.65. The predicted octanol–water partition coefficient (Wildman–Crippen LogP) is 5.07. The van der Waals surface area contributed by atoms with Crippen LogP contribution in [0.3, 0.4) is 0 Å². The van der Waals surface area contributed by atoms with Gasteiger partial charge in [-0.25, -0.2) is 4.98 Å². The van der Waals surface area contributed by atoms with E-state index in [1.54, 1.807) is 0 Å². The first kappa shape index (κ1) is 22.3. The van der Waals surface area contributed by atoms with E-state index < -0.39 is 5.41 Å². The van der Waals surface area contributed by atoms with Crippen molar-refractivity contribution in [2.75, 3.05) is 34.8 Å². The fourth-order valence-electron chi connectivity index (χ4n) is 5.10. The van der Waals surface area contributed by atoms with Gasteiger partial charge in [0, 0.05) is 24.2 Å². The van der Waals surface area contributed by atoms with Crippen molar-refractivity contribution in [1.29, 1.82) is 0 Å². The Morgan fingerprint density at radius 2 is 1.64 bits per heavy atom. The first-order valence-corrected chi connectivity index (χ1v) is 12.4. The quantitative estimate of drug-likeness (QED) is 0.437. The van der Waals surface area contributed by atoms with E-state index in [0.29, 0.717) is 18.9 Å². The van der Waals surface area contributed by atoms with Gasteiger partial charge >= 0.3 is 0 Å². The fourth-order valence-corrected chi connectivity index (χ4v) is 5.10. The first-order chi connectivity index (χ1) is 17.5. The highest BCUT2D eigenvalue weighted by Crippen LogP contribution is 2.49. The Hall–Kier alpha value is -4.19. The number of aryl methyl sites for hydroxylation is 1. The first-order valence-electron chi connectivity index (χ1n) is 12.4. The molecule has 6 heteroatoms. The number of benzene rings is 3. The van der Waals surface area contributed by atoms with Crippen LogP contribution in [-0.2, 0) is 15.0 Å². The fraction of sp³-hybridized carbons (Fsp3) is 0.233. The Morgan fingerprint density at radius 1 is 0.917 bits per heavy atom. The summed E-state index contributed by atoms with van der Waals surface area (Å²) in [7, 11) is 0. The average molecular weight is 477 g/mol. The van der Waals surface area contributed by atoms with E-state index in [0.717, 1.165) is 40.7 Å². The summed E-state index contributed by atoms with van der Waals surface area (Å²) >= 11 is 0. The van der Waals surface area contributed by atoms with Crippen LogP contribution in [0.2, 0.25) is 0 Å². The van der Waals surface area contributed by atoms with Crippen LogP contribution in [0, 0.1) is 6.92 Å². The van der Waals surface area contributed by atoms with Gasteiger partial charge in [0.2, 0.25) is 11.8 Å². The molecule has 1 aromatic heterocycles. The van der Waals surface area contributed by atoms with Gasteiger partial charge in [0.05, 0.1) is 12.0 Å². The van der Waals surface area contributed by atoms with Crippen LogP contribution in [0.4, 0.5) is 17.3 Å². The van der Waals surface area contributed by atoms with E-state index in [1.807, 2.05) is 77.4 Å². The molecule has 1 saturated carbocycles. The molecule has 1 saturated heterocycles. The van der Waals surface area contributed by atoms with E-state index in [2.05, 4.69) is 29.6 Å². The van der Waals surface area contributed by atoms with Crippen LogP contribution in [0.25, 0.3) is 10.8 Å². The van der Waals surface area contributed by atoms with Crippen LogP contribution in [0.1, 0.15) is 24.0 Å². The number of hydrogen-bond donors (Lipinski definition) is 1. The van der Waals surface area contributed by atoms with Gasteiger partial charge < -0.3 is 15.1 Å². The van der Waals surface area contributed by atoms with Crippen LogP contribution < -0.4 is 15.1 Å². The molecule has 0 bridgehead atoms. The highest BCUT2D eigenvalue weighted by Gasteiger charge is 2.51. The lowest BCUT2D eigenvalue weighted by Gasteiger charge is -2.35. The third-order valence-electron chi connectivity index (χ3n) is 7.34. The summed E-state index contributed by atoms with van der Waals surface area (Å²) in [5.74, 6) is 1.25. The third kappa shape index (κ3) is 3.98. The number of fused-ring (bicyclic) bond motifs is 1. The van der Waals surface area contributed by atoms with Crippen molar-refractivity contribution < 1.29 is 9.59 Å². The van der Waals surface area contributed by atoms with E-state index in [1.165, 1.54) is 5.56 Å². The molecule has 2 amide bonds. The molecule has 0 spiro atoms. The number of piperazine rings is 1. The Balaban J connectivity index is 1.28. The number of anilines is 3. The second kappa shape index (κ2) is 8.79. The Labute approximate surface area is 210 Å². The molecule has 2 aliphatic rings. The van der Waals surface area contributed by atoms with Crippen LogP contribution in [0.15, 0.2) is 84.9 Å². The van der Waals surface area contributed by atoms with E-state index in [-0.39, 0.29) is 18.4 Å². The molecule has 180 valence electrons. The Morgan fingerprint density at radius 3 is 2.36 bits per heavy atom. The number of carbonyl (C=O) groups excluding carboxylic acids is 2. The Kier molecular flexibility index (Phi) is 5.44. The van der Waals surface area contributed by atoms with Gasteiger partial charge in [-0.3, -0.25) is 9.59 Å². The van der Waals surface area contributed by atoms with E-state index in [4.69, 9.17) is 4.98 Å². The second-order valence-corrected chi connectivity index (χ2v) is 9.76. The molecule has 36 heavy (non-hydrogen) atoms. The monoisotopic (exact) mass is 476 g/mol. The summed E-state index contributed by atoms with van der Waals surface area (Å²) in [6, 6.07) is 27.9. The zero-order valence-corrected chi connectivity index (χ0v) is 20.3. The molecule has 3 aromatic carbocycles. The molecule has 2 fully saturated rings. The predicted molar refractivity (Wildman–Crippen MR) is 143 cm³/mol. The van der Waals surface area contributed by atoms with E-state index >= 15 is 0 Å². The minimum atomic E-state index is -0.488. The number of amides is 2. The molecule has 0 unspecified atom stereocenters. The van der Waals surface area contributed by atoms with Gasteiger partial charge in [-0.2, -0.15) is 0 Å². The van der Waals surface area contributed by atoms with Gasteiger partial charge in [-0.05, 0) is 48.9 Å². The largest absolute Gasteiger partial charge is 0.345 e. The van der Waals surface area contributed by atoms with Crippen molar-refractivity contribution in [1.82, 2.24) is 4.98 Å². The molecule has 1 aliphatic carbocycles. The van der Waals surface area contributed by atoms with Crippen molar-refractivity contribution in [3.8, 4) is 0 Å². The molecule has 6 nitrogen and oxygen atoms in total. The van der Waals surface area contributed by atoms with Gasteiger partial charge in [-0.15, -0.1) is 0 Å². The van der Waals surface area contributed by atoms with Crippen LogP contribution in [-0.4, -0.2) is 36.4 Å². The summed E-state index contributed by atoms with van der Waals surface area (Å²) in [6.45, 7) is 3.51. The molecular formula is C30H28N4O2. The summed E-state index contributed by atoms with van der Waals surface area (Å²) in [6.07, 6.45) is 1.66. The lowest BCUT2D eigenvalue weighted by atomic mass is 9.94. The Bertz CT molecular complexity index is 1450. The maximum atomic E-state index is 13.4. The number of pyridine rings is 1. The van der Waals surface area contributed by atoms with Crippen molar-refractivity contribution in [2.45, 2.75) is 25.2 Å². The molecular weight excluding hydrogens is 448 g/mol. The van der Waals surface area contributed by atoms with Crippen molar-refractivity contribution in [3.63, 3.8) is 0 Å². The maximum Gasteiger partial charge on any atom is 0.246 e. The number of carbonyl (C=O) groups is 2. The van der Waals surface area contributed by atoms with Gasteiger partial charge in [-0.1, -0.05) is 72.3 Å². The smallest absolute Gasteiger partial charge is 0.246 e. The van der Waals surface area contributed by atoms with Crippen molar-refractivity contribution in [2.24, 2.45) is 0 Å². The van der Waals surface area contributed by atoms with Gasteiger partial charge in [0.25, 0.3) is 0 Å². The molecule has 1 N–H and O–H groups in total. The van der Waals surface area contributed by atoms with E-state index in [9.17, 15) is 9.59 Å². The number of hydrogen-bond acceptors (Lipinski definition) is 4. The normalized spacial score (nSPS) is 16.8. The second-order valence-electron chi connectivity index (χ2n) is 9.76. The zero-order valence-electron chi connectivity index (χ0n) is 20.3. The summed E-state index contributed by atoms with van der Waals surface area (Å²) in [4.78, 5) is 35.2. The average Bonchev–Trinajstić information content (AvgIpc) is 3.71. The lowest BCUT2D eigenvalue weighted by Crippen LogP contribution is -2.51. The molecule has 1 aliphatic heterocycles. The molecule has 2 heterocycles. The third-order valence-corrected chi connectivity index (χ3v) is 7.34. The lowest BCUT2D eigenvalue weighted by molar-refractivity contribution is -0.119. The standard InChI is InChI=1S/C30H28N4O2/c1-21-11-13-23(14-12-21)30(15-16-30)29(36)32-26-19-22-7-5-6-10-25(22)28(31-26)33-17-18-34(27(35)20-33)24-8-3-2-4-9-24/h2-14,19H,15-18,20H2,1H3,(H,31,32,36). The number of para-hydroxylation sites is 1. The van der Waals surface area contributed by atoms with Crippen LogP contribution in [0.5, 0.6) is 0 Å². The van der Waals surface area contributed by atoms with Crippen molar-refractivity contribution >= 4 is 39.9 Å². The van der Waals surface area contributed by atoms with Crippen LogP contribution >= 0.6 is 0 Å². The highest BCUT2D eigenvalue weighted by molar-refractivity contribution is 6.04. The minimum Gasteiger partial charge on any atom is -0.345 e. The summed E-state index contributed by atoms with van der Waals surface area (Å²) < 4.78 is 0. The SMILES string of the molecule is Cc1ccc(C2(C(=O)Nc3cc4ccccc4c(N4CCN(c5ccccc5)C(=O)C4)n3)CC2)cc1. The molecule has 0 radical (unpaired) electrons. The minimum absolute atomic E-state index is 0.0231. The molecule has 4 aromatic rings. The number of nitrogens with zero attached hydrogens (tertiary/aromatic N) is 3. The number of rotatable bonds is 5. The van der Waals surface area contributed by atoms with Crippen molar-refractivity contribution in [3.05, 3.63) is 96.1 Å². The molecule has 0 atom stereocenters. The van der Waals surface area contributed by atoms with Gasteiger partial charge in [0.1, 0.15) is 11.6 Å². The molecule has 6 rings (SSSR count). The maximum absolute atomic E-state index is 13.4. The number of nitrogens with one attached hydrogen (secondary N) is 1. The number of aromatic nitrogens is 1.